The molecule has 1 aromatic rings. The molecule has 3 atom stereocenters. The van der Waals surface area contributed by atoms with Crippen molar-refractivity contribution in [2.45, 2.75) is 31.3 Å². The highest BCUT2D eigenvalue weighted by Gasteiger charge is 2.56. The Morgan fingerprint density at radius 1 is 1.26 bits per heavy atom. The lowest BCUT2D eigenvalue weighted by atomic mass is 9.93. The number of fused-ring (bicyclic) bond motifs is 1. The molecule has 144 valence electrons. The van der Waals surface area contributed by atoms with Gasteiger partial charge in [0.1, 0.15) is 0 Å². The number of aliphatic hydroxyl groups is 1. The Bertz CT molecular complexity index is 761. The first kappa shape index (κ1) is 18.0. The van der Waals surface area contributed by atoms with Crippen LogP contribution in [0, 0.1) is 11.3 Å². The highest BCUT2D eigenvalue weighted by atomic mass is 16.5. The first-order chi connectivity index (χ1) is 13.0. The summed E-state index contributed by atoms with van der Waals surface area (Å²) in [5.74, 6) is -1.09. The minimum absolute atomic E-state index is 0.00565. The molecule has 2 heterocycles. The molecule has 27 heavy (non-hydrogen) atoms. The summed E-state index contributed by atoms with van der Waals surface area (Å²) in [5, 5.41) is 9.54. The van der Waals surface area contributed by atoms with Gasteiger partial charge in [-0.05, 0) is 24.8 Å². The number of nitrogens with zero attached hydrogens (tertiary/aromatic N) is 2. The Morgan fingerprint density at radius 2 is 1.96 bits per heavy atom. The monoisotopic (exact) mass is 372 g/mol. The van der Waals surface area contributed by atoms with Gasteiger partial charge in [0.25, 0.3) is 0 Å². The number of carbonyl (C=O) groups excluding carboxylic acids is 3. The van der Waals surface area contributed by atoms with Gasteiger partial charge in [-0.25, -0.2) is 0 Å². The fourth-order valence-electron chi connectivity index (χ4n) is 4.54. The summed E-state index contributed by atoms with van der Waals surface area (Å²) >= 11 is 0. The van der Waals surface area contributed by atoms with Crippen LogP contribution < -0.4 is 0 Å². The maximum atomic E-state index is 13.0. The molecule has 0 bridgehead atoms. The van der Waals surface area contributed by atoms with E-state index < -0.39 is 11.3 Å². The Morgan fingerprint density at radius 3 is 2.56 bits per heavy atom. The predicted molar refractivity (Wildman–Crippen MR) is 95.3 cm³/mol. The topological polar surface area (TPSA) is 87.1 Å². The Balaban J connectivity index is 1.62. The second kappa shape index (κ2) is 6.64. The first-order valence-corrected chi connectivity index (χ1v) is 9.35. The van der Waals surface area contributed by atoms with Crippen LogP contribution in [-0.4, -0.2) is 65.5 Å². The Labute approximate surface area is 157 Å². The molecule has 3 fully saturated rings. The number of amides is 2. The summed E-state index contributed by atoms with van der Waals surface area (Å²) in [7, 11) is 1.36. The van der Waals surface area contributed by atoms with E-state index in [2.05, 4.69) is 0 Å². The van der Waals surface area contributed by atoms with Crippen molar-refractivity contribution in [2.75, 3.05) is 26.8 Å². The molecule has 1 N–H and O–H groups in total. The van der Waals surface area contributed by atoms with Gasteiger partial charge in [0.15, 0.2) is 0 Å². The fraction of sp³-hybridized carbons (Fsp3) is 0.550. The second-order valence-corrected chi connectivity index (χ2v) is 7.80. The van der Waals surface area contributed by atoms with Crippen molar-refractivity contribution in [3.63, 3.8) is 0 Å². The van der Waals surface area contributed by atoms with Gasteiger partial charge in [-0.15, -0.1) is 0 Å². The van der Waals surface area contributed by atoms with Crippen molar-refractivity contribution in [3.8, 4) is 0 Å². The Kier molecular flexibility index (Phi) is 4.42. The van der Waals surface area contributed by atoms with E-state index in [-0.39, 0.29) is 43.0 Å². The van der Waals surface area contributed by atoms with E-state index in [0.717, 1.165) is 5.56 Å². The molecule has 2 saturated heterocycles. The molecule has 7 nitrogen and oxygen atoms in total. The van der Waals surface area contributed by atoms with Crippen LogP contribution >= 0.6 is 0 Å². The minimum atomic E-state index is -0.693. The van der Waals surface area contributed by atoms with Crippen molar-refractivity contribution in [3.05, 3.63) is 35.9 Å². The van der Waals surface area contributed by atoms with Gasteiger partial charge in [0.05, 0.1) is 43.7 Å². The summed E-state index contributed by atoms with van der Waals surface area (Å²) in [6.45, 7) is 0.208. The van der Waals surface area contributed by atoms with Crippen LogP contribution in [0.5, 0.6) is 0 Å². The van der Waals surface area contributed by atoms with E-state index in [1.54, 1.807) is 9.80 Å². The number of hydrogen-bond donors (Lipinski definition) is 1. The van der Waals surface area contributed by atoms with E-state index in [0.29, 0.717) is 25.8 Å². The summed E-state index contributed by atoms with van der Waals surface area (Å²) in [6, 6.07) is 8.90. The molecule has 3 aliphatic rings. The summed E-state index contributed by atoms with van der Waals surface area (Å²) in [5.41, 5.74) is 0.208. The maximum absolute atomic E-state index is 13.0. The van der Waals surface area contributed by atoms with Crippen LogP contribution in [0.4, 0.5) is 0 Å². The third-order valence-electron chi connectivity index (χ3n) is 6.19. The largest absolute Gasteiger partial charge is 0.469 e. The number of carbonyl (C=O) groups is 3. The fourth-order valence-corrected chi connectivity index (χ4v) is 4.54. The lowest BCUT2D eigenvalue weighted by Gasteiger charge is -2.41. The maximum Gasteiger partial charge on any atom is 0.311 e. The number of rotatable bonds is 4. The van der Waals surface area contributed by atoms with Crippen LogP contribution in [-0.2, 0) is 19.1 Å². The number of benzene rings is 1. The third kappa shape index (κ3) is 2.90. The molecule has 1 aromatic carbocycles. The number of hydrogen-bond acceptors (Lipinski definition) is 5. The molecule has 7 heteroatoms. The lowest BCUT2D eigenvalue weighted by Crippen LogP contribution is -2.57. The smallest absolute Gasteiger partial charge is 0.311 e. The number of methoxy groups -OCH3 is 1. The lowest BCUT2D eigenvalue weighted by molar-refractivity contribution is -0.153. The van der Waals surface area contributed by atoms with Gasteiger partial charge >= 0.3 is 5.97 Å². The second-order valence-electron chi connectivity index (χ2n) is 7.80. The highest BCUT2D eigenvalue weighted by Crippen LogP contribution is 2.48. The van der Waals surface area contributed by atoms with Gasteiger partial charge in [-0.3, -0.25) is 14.4 Å². The van der Waals surface area contributed by atoms with Crippen LogP contribution in [0.2, 0.25) is 0 Å². The number of piperazine rings is 1. The minimum Gasteiger partial charge on any atom is -0.469 e. The summed E-state index contributed by atoms with van der Waals surface area (Å²) in [6.07, 6.45) is 1.80. The standard InChI is InChI=1S/C20H24N2O5/c1-27-18(25)15-9-14-10-21(19(26)20(12-23)7-8-20)11-16(24)22(14)17(15)13-5-3-2-4-6-13/h2-6,14-15,17,23H,7-12H2,1H3/t14-,15-,17-/m0/s1. The summed E-state index contributed by atoms with van der Waals surface area (Å²) in [4.78, 5) is 41.5. The van der Waals surface area contributed by atoms with Gasteiger partial charge in [-0.1, -0.05) is 30.3 Å². The third-order valence-corrected chi connectivity index (χ3v) is 6.19. The molecule has 0 radical (unpaired) electrons. The molecular formula is C20H24N2O5. The zero-order valence-corrected chi connectivity index (χ0v) is 15.3. The quantitative estimate of drug-likeness (QED) is 0.788. The number of ether oxygens (including phenoxy) is 1. The zero-order valence-electron chi connectivity index (χ0n) is 15.3. The molecule has 1 aliphatic carbocycles. The normalized spacial score (nSPS) is 28.7. The van der Waals surface area contributed by atoms with E-state index in [9.17, 15) is 19.5 Å². The average molecular weight is 372 g/mol. The molecule has 2 aliphatic heterocycles. The molecule has 2 amide bonds. The van der Waals surface area contributed by atoms with Crippen molar-refractivity contribution in [2.24, 2.45) is 11.3 Å². The van der Waals surface area contributed by atoms with Crippen molar-refractivity contribution in [1.82, 2.24) is 9.80 Å². The van der Waals surface area contributed by atoms with Crippen molar-refractivity contribution in [1.29, 1.82) is 0 Å². The van der Waals surface area contributed by atoms with Crippen molar-refractivity contribution >= 4 is 17.8 Å². The number of aliphatic hydroxyl groups excluding tert-OH is 1. The first-order valence-electron chi connectivity index (χ1n) is 9.35. The van der Waals surface area contributed by atoms with Crippen LogP contribution in [0.1, 0.15) is 30.9 Å². The van der Waals surface area contributed by atoms with E-state index in [4.69, 9.17) is 4.74 Å². The van der Waals surface area contributed by atoms with Crippen LogP contribution in [0.3, 0.4) is 0 Å². The van der Waals surface area contributed by atoms with Gasteiger partial charge in [0.2, 0.25) is 11.8 Å². The molecule has 0 spiro atoms. The van der Waals surface area contributed by atoms with Gasteiger partial charge in [-0.2, -0.15) is 0 Å². The highest BCUT2D eigenvalue weighted by molar-refractivity contribution is 5.91. The number of esters is 1. The molecule has 0 aromatic heterocycles. The molecule has 4 rings (SSSR count). The van der Waals surface area contributed by atoms with Gasteiger partial charge in [0, 0.05) is 6.54 Å². The van der Waals surface area contributed by atoms with E-state index in [1.807, 2.05) is 30.3 Å². The van der Waals surface area contributed by atoms with Gasteiger partial charge < -0.3 is 19.6 Å². The van der Waals surface area contributed by atoms with Crippen LogP contribution in [0.25, 0.3) is 0 Å². The van der Waals surface area contributed by atoms with Crippen molar-refractivity contribution < 1.29 is 24.2 Å². The zero-order chi connectivity index (χ0) is 19.2. The molecular weight excluding hydrogens is 348 g/mol. The molecule has 0 unspecified atom stereocenters. The van der Waals surface area contributed by atoms with E-state index in [1.165, 1.54) is 7.11 Å². The van der Waals surface area contributed by atoms with E-state index >= 15 is 0 Å². The van der Waals surface area contributed by atoms with Crippen LogP contribution in [0.15, 0.2) is 30.3 Å². The summed E-state index contributed by atoms with van der Waals surface area (Å²) < 4.78 is 4.99. The SMILES string of the molecule is COC(=O)[C@H]1C[C@H]2CN(C(=O)C3(CO)CC3)CC(=O)N2[C@H]1c1ccccc1. The Hall–Kier alpha value is -2.41. The predicted octanol–water partition coefficient (Wildman–Crippen LogP) is 0.732. The molecule has 1 saturated carbocycles. The average Bonchev–Trinajstić information content (AvgIpc) is 3.40.